The van der Waals surface area contributed by atoms with E-state index in [1.54, 1.807) is 0 Å². The molecule has 2 atom stereocenters. The van der Waals surface area contributed by atoms with E-state index in [4.69, 9.17) is 5.11 Å². The summed E-state index contributed by atoms with van der Waals surface area (Å²) in [5, 5.41) is 8.69. The third-order valence-corrected chi connectivity index (χ3v) is 4.72. The van der Waals surface area contributed by atoms with E-state index < -0.39 is 0 Å². The van der Waals surface area contributed by atoms with Gasteiger partial charge >= 0.3 is 0 Å². The average Bonchev–Trinajstić information content (AvgIpc) is 3.03. The smallest absolute Gasteiger partial charge is 0.128 e. The van der Waals surface area contributed by atoms with Gasteiger partial charge in [-0.2, -0.15) is 0 Å². The number of benzene rings is 1. The van der Waals surface area contributed by atoms with Crippen molar-refractivity contribution in [1.82, 2.24) is 4.90 Å². The summed E-state index contributed by atoms with van der Waals surface area (Å²) in [5.74, 6) is 7.22. The molecule has 1 N–H and O–H groups in total. The van der Waals surface area contributed by atoms with Gasteiger partial charge in [0.1, 0.15) is 5.82 Å². The first-order valence-electron chi connectivity index (χ1n) is 7.87. The van der Waals surface area contributed by atoms with Crippen LogP contribution in [0.3, 0.4) is 0 Å². The van der Waals surface area contributed by atoms with Gasteiger partial charge in [0, 0.05) is 37.2 Å². The van der Waals surface area contributed by atoms with Crippen molar-refractivity contribution in [2.45, 2.75) is 32.2 Å². The normalized spacial score (nSPS) is 24.7. The van der Waals surface area contributed by atoms with Crippen molar-refractivity contribution in [1.29, 1.82) is 0 Å². The molecule has 0 aromatic heterocycles. The summed E-state index contributed by atoms with van der Waals surface area (Å²) in [4.78, 5) is 2.39. The quantitative estimate of drug-likeness (QED) is 0.864. The van der Waals surface area contributed by atoms with Crippen LogP contribution in [0.4, 0.5) is 4.39 Å². The minimum atomic E-state index is -0.164. The van der Waals surface area contributed by atoms with Crippen molar-refractivity contribution in [3.63, 3.8) is 0 Å². The first-order valence-corrected chi connectivity index (χ1v) is 7.87. The Morgan fingerprint density at radius 1 is 1.24 bits per heavy atom. The van der Waals surface area contributed by atoms with Crippen LogP contribution in [-0.2, 0) is 6.54 Å². The number of halogens is 1. The maximum atomic E-state index is 14.2. The fraction of sp³-hybridized carbons (Fsp3) is 0.556. The maximum absolute atomic E-state index is 14.2. The van der Waals surface area contributed by atoms with Crippen LogP contribution in [0.1, 0.15) is 36.8 Å². The standard InChI is InChI=1S/C18H22FNO/c19-18-10-14(4-1-2-9-21)7-8-17(18)13-20-11-15-5-3-6-16(15)12-20/h7-8,10,15-16,21H,2-3,5-6,9,11-13H2. The Balaban J connectivity index is 1.63. The molecule has 21 heavy (non-hydrogen) atoms. The number of aliphatic hydroxyl groups excluding tert-OH is 1. The molecule has 1 saturated heterocycles. The summed E-state index contributed by atoms with van der Waals surface area (Å²) in [6.07, 6.45) is 4.50. The second kappa shape index (κ2) is 6.60. The van der Waals surface area contributed by atoms with Gasteiger partial charge in [-0.1, -0.05) is 24.3 Å². The highest BCUT2D eigenvalue weighted by atomic mass is 19.1. The van der Waals surface area contributed by atoms with E-state index in [1.165, 1.54) is 25.3 Å². The van der Waals surface area contributed by atoms with Gasteiger partial charge in [0.2, 0.25) is 0 Å². The molecule has 1 saturated carbocycles. The molecule has 1 aromatic rings. The van der Waals surface area contributed by atoms with E-state index in [0.717, 1.165) is 30.5 Å². The van der Waals surface area contributed by atoms with Crippen molar-refractivity contribution in [2.24, 2.45) is 11.8 Å². The molecule has 0 radical (unpaired) electrons. The average molecular weight is 287 g/mol. The third-order valence-electron chi connectivity index (χ3n) is 4.72. The predicted octanol–water partition coefficient (Wildman–Crippen LogP) is 2.79. The Morgan fingerprint density at radius 3 is 2.67 bits per heavy atom. The van der Waals surface area contributed by atoms with Crippen molar-refractivity contribution in [3.05, 3.63) is 35.1 Å². The molecule has 0 amide bonds. The third kappa shape index (κ3) is 3.45. The van der Waals surface area contributed by atoms with E-state index in [0.29, 0.717) is 18.5 Å². The van der Waals surface area contributed by atoms with Crippen LogP contribution in [0.15, 0.2) is 18.2 Å². The van der Waals surface area contributed by atoms with Crippen LogP contribution in [-0.4, -0.2) is 29.7 Å². The molecule has 0 spiro atoms. The molecule has 0 bridgehead atoms. The molecule has 1 aliphatic heterocycles. The van der Waals surface area contributed by atoms with Crippen LogP contribution in [0.2, 0.25) is 0 Å². The molecule has 1 aliphatic carbocycles. The number of likely N-dealkylation sites (tertiary alicyclic amines) is 1. The lowest BCUT2D eigenvalue weighted by Crippen LogP contribution is -2.21. The molecule has 3 heteroatoms. The van der Waals surface area contributed by atoms with E-state index >= 15 is 0 Å². The number of aliphatic hydroxyl groups is 1. The highest BCUT2D eigenvalue weighted by Gasteiger charge is 2.35. The molecule has 2 fully saturated rings. The number of rotatable bonds is 3. The topological polar surface area (TPSA) is 23.5 Å². The molecule has 2 unspecified atom stereocenters. The van der Waals surface area contributed by atoms with Gasteiger partial charge in [0.05, 0.1) is 6.61 Å². The van der Waals surface area contributed by atoms with Crippen molar-refractivity contribution < 1.29 is 9.50 Å². The van der Waals surface area contributed by atoms with E-state index in [-0.39, 0.29) is 12.4 Å². The zero-order valence-corrected chi connectivity index (χ0v) is 12.3. The van der Waals surface area contributed by atoms with E-state index in [1.807, 2.05) is 12.1 Å². The fourth-order valence-electron chi connectivity index (χ4n) is 3.68. The Bertz CT molecular complexity index is 548. The largest absolute Gasteiger partial charge is 0.395 e. The highest BCUT2D eigenvalue weighted by Crippen LogP contribution is 2.38. The zero-order chi connectivity index (χ0) is 14.7. The lowest BCUT2D eigenvalue weighted by molar-refractivity contribution is 0.299. The Labute approximate surface area is 126 Å². The first kappa shape index (κ1) is 14.6. The molecular weight excluding hydrogens is 265 g/mol. The van der Waals surface area contributed by atoms with Gasteiger partial charge in [0.15, 0.2) is 0 Å². The fourth-order valence-corrected chi connectivity index (χ4v) is 3.68. The van der Waals surface area contributed by atoms with E-state index in [9.17, 15) is 4.39 Å². The first-order chi connectivity index (χ1) is 10.3. The summed E-state index contributed by atoms with van der Waals surface area (Å²) in [6.45, 7) is 3.01. The lowest BCUT2D eigenvalue weighted by Gasteiger charge is -2.17. The molecule has 1 heterocycles. The van der Waals surface area contributed by atoms with Gasteiger partial charge < -0.3 is 5.11 Å². The number of nitrogens with zero attached hydrogens (tertiary/aromatic N) is 1. The Kier molecular flexibility index (Phi) is 4.57. The zero-order valence-electron chi connectivity index (χ0n) is 12.3. The summed E-state index contributed by atoms with van der Waals surface area (Å²) >= 11 is 0. The maximum Gasteiger partial charge on any atom is 0.128 e. The van der Waals surface area contributed by atoms with Crippen LogP contribution in [0.25, 0.3) is 0 Å². The van der Waals surface area contributed by atoms with Crippen LogP contribution < -0.4 is 0 Å². The van der Waals surface area contributed by atoms with Crippen molar-refractivity contribution in [2.75, 3.05) is 19.7 Å². The SMILES string of the molecule is OCCC#Cc1ccc(CN2CC3CCCC3C2)c(F)c1. The van der Waals surface area contributed by atoms with Gasteiger partial charge in [-0.25, -0.2) is 4.39 Å². The molecule has 3 rings (SSSR count). The summed E-state index contributed by atoms with van der Waals surface area (Å²) in [5.41, 5.74) is 1.45. The lowest BCUT2D eigenvalue weighted by atomic mass is 10.0. The number of fused-ring (bicyclic) bond motifs is 1. The van der Waals surface area contributed by atoms with Crippen LogP contribution >= 0.6 is 0 Å². The molecule has 2 aliphatic rings. The highest BCUT2D eigenvalue weighted by molar-refractivity contribution is 5.37. The van der Waals surface area contributed by atoms with Crippen LogP contribution in [0, 0.1) is 29.5 Å². The van der Waals surface area contributed by atoms with Gasteiger partial charge in [-0.05, 0) is 36.8 Å². The summed E-state index contributed by atoms with van der Waals surface area (Å²) in [6, 6.07) is 5.24. The molecule has 2 nitrogen and oxygen atoms in total. The van der Waals surface area contributed by atoms with Crippen molar-refractivity contribution in [3.8, 4) is 11.8 Å². The monoisotopic (exact) mass is 287 g/mol. The molecule has 1 aromatic carbocycles. The van der Waals surface area contributed by atoms with Gasteiger partial charge in [0.25, 0.3) is 0 Å². The van der Waals surface area contributed by atoms with E-state index in [2.05, 4.69) is 16.7 Å². The molecular formula is C18H22FNO. The minimum Gasteiger partial charge on any atom is -0.395 e. The van der Waals surface area contributed by atoms with Gasteiger partial charge in [-0.15, -0.1) is 0 Å². The number of hydrogen-bond donors (Lipinski definition) is 1. The Hall–Kier alpha value is -1.37. The number of hydrogen-bond acceptors (Lipinski definition) is 2. The summed E-state index contributed by atoms with van der Waals surface area (Å²) < 4.78 is 14.2. The van der Waals surface area contributed by atoms with Gasteiger partial charge in [-0.3, -0.25) is 4.90 Å². The van der Waals surface area contributed by atoms with Crippen molar-refractivity contribution >= 4 is 0 Å². The molecule has 112 valence electrons. The minimum absolute atomic E-state index is 0.0465. The summed E-state index contributed by atoms with van der Waals surface area (Å²) in [7, 11) is 0. The second-order valence-electron chi connectivity index (χ2n) is 6.23. The predicted molar refractivity (Wildman–Crippen MR) is 81.1 cm³/mol. The Morgan fingerprint density at radius 2 is 2.00 bits per heavy atom. The second-order valence-corrected chi connectivity index (χ2v) is 6.23. The van der Waals surface area contributed by atoms with Crippen LogP contribution in [0.5, 0.6) is 0 Å².